The van der Waals surface area contributed by atoms with Crippen LogP contribution in [0.3, 0.4) is 0 Å². The summed E-state index contributed by atoms with van der Waals surface area (Å²) in [4.78, 5) is 16.2. The number of nitrogens with one attached hydrogen (secondary N) is 1. The highest BCUT2D eigenvalue weighted by Crippen LogP contribution is 2.19. The van der Waals surface area contributed by atoms with E-state index < -0.39 is 10.2 Å². The molecule has 0 aliphatic carbocycles. The molecule has 1 unspecified atom stereocenters. The van der Waals surface area contributed by atoms with Crippen LogP contribution in [0.2, 0.25) is 0 Å². The van der Waals surface area contributed by atoms with Gasteiger partial charge in [0.05, 0.1) is 0 Å². The van der Waals surface area contributed by atoms with Crippen molar-refractivity contribution in [1.82, 2.24) is 14.5 Å². The molecule has 2 aliphatic heterocycles. The van der Waals surface area contributed by atoms with Crippen LogP contribution in [0.4, 0.5) is 4.79 Å². The number of carbonyl (C=O) groups is 1. The molecular weight excluding hydrogens is 280 g/mol. The number of hydrogen-bond donors (Lipinski definition) is 2. The number of piperidine rings is 2. The number of urea groups is 1. The van der Waals surface area contributed by atoms with Crippen molar-refractivity contribution in [2.75, 3.05) is 32.7 Å². The van der Waals surface area contributed by atoms with E-state index in [-0.39, 0.29) is 11.9 Å². The maximum Gasteiger partial charge on any atom is 0.320 e. The summed E-state index contributed by atoms with van der Waals surface area (Å²) in [5.74, 6) is 0.149. The van der Waals surface area contributed by atoms with Crippen molar-refractivity contribution < 1.29 is 13.2 Å². The molecule has 0 aromatic carbocycles. The lowest BCUT2D eigenvalue weighted by Gasteiger charge is -2.37. The highest BCUT2D eigenvalue weighted by molar-refractivity contribution is 7.87. The summed E-state index contributed by atoms with van der Waals surface area (Å²) in [5.41, 5.74) is 0. The highest BCUT2D eigenvalue weighted by Gasteiger charge is 2.28. The highest BCUT2D eigenvalue weighted by atomic mass is 32.2. The summed E-state index contributed by atoms with van der Waals surface area (Å²) < 4.78 is 24.2. The second kappa shape index (κ2) is 6.73. The first-order valence-electron chi connectivity index (χ1n) is 7.27. The molecule has 2 fully saturated rings. The number of nitrogens with two attached hydrogens (primary N) is 1. The van der Waals surface area contributed by atoms with Crippen molar-refractivity contribution in [3.8, 4) is 0 Å². The lowest BCUT2D eigenvalue weighted by Crippen LogP contribution is -2.50. The average molecular weight is 304 g/mol. The minimum Gasteiger partial charge on any atom is -0.325 e. The first-order valence-corrected chi connectivity index (χ1v) is 8.81. The topological polar surface area (TPSA) is 95.7 Å². The van der Waals surface area contributed by atoms with Gasteiger partial charge in [0.25, 0.3) is 10.2 Å². The van der Waals surface area contributed by atoms with E-state index in [1.54, 1.807) is 0 Å². The monoisotopic (exact) mass is 304 g/mol. The van der Waals surface area contributed by atoms with Crippen LogP contribution in [-0.4, -0.2) is 57.0 Å². The van der Waals surface area contributed by atoms with E-state index in [2.05, 4.69) is 4.72 Å². The molecule has 7 nitrogen and oxygen atoms in total. The Kier molecular flexibility index (Phi) is 5.22. The summed E-state index contributed by atoms with van der Waals surface area (Å²) in [6, 6.07) is 0.102. The Morgan fingerprint density at radius 1 is 1.10 bits per heavy atom. The molecule has 0 bridgehead atoms. The Balaban J connectivity index is 1.84. The molecular formula is C12H24N4O3S. The molecule has 1 atom stereocenters. The Morgan fingerprint density at radius 2 is 1.75 bits per heavy atom. The van der Waals surface area contributed by atoms with Gasteiger partial charge < -0.3 is 9.80 Å². The largest absolute Gasteiger partial charge is 0.325 e. The number of rotatable bonds is 3. The molecule has 2 rings (SSSR count). The number of hydrogen-bond acceptors (Lipinski definition) is 3. The maximum absolute atomic E-state index is 12.4. The lowest BCUT2D eigenvalue weighted by molar-refractivity contribution is 0.121. The zero-order valence-corrected chi connectivity index (χ0v) is 12.6. The Hall–Kier alpha value is -0.860. The lowest BCUT2D eigenvalue weighted by atomic mass is 9.98. The van der Waals surface area contributed by atoms with Crippen molar-refractivity contribution in [3.63, 3.8) is 0 Å². The number of amides is 2. The van der Waals surface area contributed by atoms with Gasteiger partial charge in [-0.25, -0.2) is 14.7 Å². The zero-order valence-electron chi connectivity index (χ0n) is 11.8. The molecule has 2 aliphatic rings. The van der Waals surface area contributed by atoms with E-state index in [1.165, 1.54) is 6.42 Å². The van der Waals surface area contributed by atoms with Crippen LogP contribution in [0.1, 0.15) is 32.1 Å². The summed E-state index contributed by atoms with van der Waals surface area (Å²) in [5, 5.41) is 4.94. The van der Waals surface area contributed by atoms with Gasteiger partial charge in [-0.05, 0) is 38.0 Å². The van der Waals surface area contributed by atoms with Gasteiger partial charge in [0.2, 0.25) is 0 Å². The minimum absolute atomic E-state index is 0.102. The van der Waals surface area contributed by atoms with Crippen molar-refractivity contribution in [1.29, 1.82) is 0 Å². The van der Waals surface area contributed by atoms with E-state index >= 15 is 0 Å². The third kappa shape index (κ3) is 4.60. The third-order valence-electron chi connectivity index (χ3n) is 3.99. The second-order valence-corrected chi connectivity index (χ2v) is 7.06. The van der Waals surface area contributed by atoms with Crippen LogP contribution < -0.4 is 9.86 Å². The van der Waals surface area contributed by atoms with Gasteiger partial charge in [0.1, 0.15) is 0 Å². The SMILES string of the molecule is NS(=O)(=O)NCC1CCCN(C(=O)N2CCCCC2)C1. The fourth-order valence-corrected chi connectivity index (χ4v) is 3.39. The van der Waals surface area contributed by atoms with Crippen LogP contribution in [0.15, 0.2) is 0 Å². The maximum atomic E-state index is 12.4. The summed E-state index contributed by atoms with van der Waals surface area (Å²) in [6.45, 7) is 3.37. The predicted octanol–water partition coefficient (Wildman–Crippen LogP) is 0.0974. The van der Waals surface area contributed by atoms with Crippen LogP contribution in [0.25, 0.3) is 0 Å². The second-order valence-electron chi connectivity index (χ2n) is 5.68. The molecule has 2 amide bonds. The van der Waals surface area contributed by atoms with Crippen LogP contribution in [0.5, 0.6) is 0 Å². The molecule has 20 heavy (non-hydrogen) atoms. The zero-order chi connectivity index (χ0) is 14.6. The summed E-state index contributed by atoms with van der Waals surface area (Å²) in [6.07, 6.45) is 5.19. The van der Waals surface area contributed by atoms with E-state index in [1.807, 2.05) is 9.80 Å². The van der Waals surface area contributed by atoms with Crippen molar-refractivity contribution in [2.24, 2.45) is 11.1 Å². The molecule has 116 valence electrons. The molecule has 0 radical (unpaired) electrons. The van der Waals surface area contributed by atoms with E-state index in [0.717, 1.165) is 45.3 Å². The van der Waals surface area contributed by atoms with Gasteiger partial charge in [0, 0.05) is 32.7 Å². The molecule has 0 aromatic rings. The van der Waals surface area contributed by atoms with Crippen LogP contribution in [0, 0.1) is 5.92 Å². The molecule has 0 spiro atoms. The molecule has 0 saturated carbocycles. The molecule has 3 N–H and O–H groups in total. The molecule has 2 heterocycles. The average Bonchev–Trinajstić information content (AvgIpc) is 2.45. The normalized spacial score (nSPS) is 24.8. The van der Waals surface area contributed by atoms with E-state index in [9.17, 15) is 13.2 Å². The Bertz CT molecular complexity index is 434. The number of likely N-dealkylation sites (tertiary alicyclic amines) is 2. The summed E-state index contributed by atoms with van der Waals surface area (Å²) in [7, 11) is -3.65. The Labute approximate surface area is 120 Å². The molecule has 8 heteroatoms. The van der Waals surface area contributed by atoms with Gasteiger partial charge in [-0.1, -0.05) is 0 Å². The van der Waals surface area contributed by atoms with Gasteiger partial charge in [-0.2, -0.15) is 8.42 Å². The van der Waals surface area contributed by atoms with Gasteiger partial charge in [0.15, 0.2) is 0 Å². The van der Waals surface area contributed by atoms with Crippen molar-refractivity contribution in [2.45, 2.75) is 32.1 Å². The summed E-state index contributed by atoms with van der Waals surface area (Å²) >= 11 is 0. The number of nitrogens with zero attached hydrogens (tertiary/aromatic N) is 2. The van der Waals surface area contributed by atoms with Crippen LogP contribution in [-0.2, 0) is 10.2 Å². The Morgan fingerprint density at radius 3 is 2.40 bits per heavy atom. The van der Waals surface area contributed by atoms with Crippen molar-refractivity contribution in [3.05, 3.63) is 0 Å². The first kappa shape index (κ1) is 15.5. The minimum atomic E-state index is -3.65. The van der Waals surface area contributed by atoms with Crippen LogP contribution >= 0.6 is 0 Å². The standard InChI is InChI=1S/C12H24N4O3S/c13-20(18,19)14-9-11-5-4-8-16(10-11)12(17)15-6-2-1-3-7-15/h11,14H,1-10H2,(H2,13,18,19). The smallest absolute Gasteiger partial charge is 0.320 e. The van der Waals surface area contributed by atoms with Crippen molar-refractivity contribution >= 4 is 16.2 Å². The van der Waals surface area contributed by atoms with Gasteiger partial charge in [-0.3, -0.25) is 0 Å². The third-order valence-corrected chi connectivity index (χ3v) is 4.56. The fraction of sp³-hybridized carbons (Fsp3) is 0.917. The van der Waals surface area contributed by atoms with E-state index in [0.29, 0.717) is 13.1 Å². The quantitative estimate of drug-likeness (QED) is 0.774. The predicted molar refractivity (Wildman–Crippen MR) is 76.2 cm³/mol. The fourth-order valence-electron chi connectivity index (χ4n) is 2.92. The van der Waals surface area contributed by atoms with Gasteiger partial charge in [-0.15, -0.1) is 0 Å². The first-order chi connectivity index (χ1) is 9.46. The molecule has 2 saturated heterocycles. The molecule has 0 aromatic heterocycles. The van der Waals surface area contributed by atoms with E-state index in [4.69, 9.17) is 5.14 Å². The number of carbonyl (C=O) groups excluding carboxylic acids is 1. The van der Waals surface area contributed by atoms with Gasteiger partial charge >= 0.3 is 6.03 Å².